The molecule has 92 valence electrons. The van der Waals surface area contributed by atoms with E-state index in [1.165, 1.54) is 24.9 Å². The predicted octanol–water partition coefficient (Wildman–Crippen LogP) is 1.58. The van der Waals surface area contributed by atoms with Crippen molar-refractivity contribution < 1.29 is 5.11 Å². The van der Waals surface area contributed by atoms with Crippen LogP contribution in [0.5, 0.6) is 5.75 Å². The summed E-state index contributed by atoms with van der Waals surface area (Å²) in [5, 5.41) is 12.9. The van der Waals surface area contributed by atoms with Crippen LogP contribution in [0, 0.1) is 5.92 Å². The van der Waals surface area contributed by atoms with Gasteiger partial charge in [-0.3, -0.25) is 4.90 Å². The Morgan fingerprint density at radius 1 is 1.24 bits per heavy atom. The van der Waals surface area contributed by atoms with Gasteiger partial charge in [0.2, 0.25) is 0 Å². The molecule has 1 aliphatic carbocycles. The number of phenolic OH excluding ortho intramolecular Hbond substituents is 1. The molecule has 1 unspecified atom stereocenters. The fourth-order valence-corrected chi connectivity index (χ4v) is 2.66. The summed E-state index contributed by atoms with van der Waals surface area (Å²) in [5.74, 6) is 1.28. The van der Waals surface area contributed by atoms with Crippen molar-refractivity contribution in [1.29, 1.82) is 0 Å². The highest BCUT2D eigenvalue weighted by Crippen LogP contribution is 2.33. The molecule has 2 fully saturated rings. The predicted molar refractivity (Wildman–Crippen MR) is 67.9 cm³/mol. The summed E-state index contributed by atoms with van der Waals surface area (Å²) < 4.78 is 0. The maximum absolute atomic E-state index is 9.26. The van der Waals surface area contributed by atoms with Gasteiger partial charge in [0.25, 0.3) is 0 Å². The van der Waals surface area contributed by atoms with Gasteiger partial charge in [0.05, 0.1) is 0 Å². The molecular weight excluding hydrogens is 212 g/mol. The van der Waals surface area contributed by atoms with Gasteiger partial charge < -0.3 is 10.4 Å². The smallest absolute Gasteiger partial charge is 0.115 e. The van der Waals surface area contributed by atoms with E-state index < -0.39 is 0 Å². The van der Waals surface area contributed by atoms with Crippen LogP contribution in [0.3, 0.4) is 0 Å². The Labute approximate surface area is 102 Å². The lowest BCUT2D eigenvalue weighted by Crippen LogP contribution is -2.51. The lowest BCUT2D eigenvalue weighted by atomic mass is 10.1. The largest absolute Gasteiger partial charge is 0.508 e. The molecule has 3 heteroatoms. The Kier molecular flexibility index (Phi) is 3.04. The zero-order valence-electron chi connectivity index (χ0n) is 10.1. The van der Waals surface area contributed by atoms with Crippen molar-refractivity contribution in [1.82, 2.24) is 10.2 Å². The average molecular weight is 232 g/mol. The molecule has 1 atom stereocenters. The molecule has 0 aromatic heterocycles. The monoisotopic (exact) mass is 232 g/mol. The van der Waals surface area contributed by atoms with Gasteiger partial charge in [0.1, 0.15) is 5.75 Å². The molecule has 0 bridgehead atoms. The van der Waals surface area contributed by atoms with Gasteiger partial charge in [0, 0.05) is 32.2 Å². The van der Waals surface area contributed by atoms with E-state index in [4.69, 9.17) is 0 Å². The van der Waals surface area contributed by atoms with E-state index in [0.717, 1.165) is 25.6 Å². The second kappa shape index (κ2) is 4.67. The second-order valence-electron chi connectivity index (χ2n) is 5.30. The molecule has 0 spiro atoms. The number of nitrogens with zero attached hydrogens (tertiary/aromatic N) is 1. The Bertz CT molecular complexity index is 372. The first-order valence-corrected chi connectivity index (χ1v) is 6.55. The van der Waals surface area contributed by atoms with Crippen molar-refractivity contribution in [2.24, 2.45) is 5.92 Å². The Morgan fingerprint density at radius 2 is 2.00 bits per heavy atom. The summed E-state index contributed by atoms with van der Waals surface area (Å²) in [4.78, 5) is 2.52. The van der Waals surface area contributed by atoms with Gasteiger partial charge in [-0.25, -0.2) is 0 Å². The minimum Gasteiger partial charge on any atom is -0.508 e. The van der Waals surface area contributed by atoms with Crippen molar-refractivity contribution in [2.45, 2.75) is 25.4 Å². The minimum atomic E-state index is 0.352. The molecule has 1 saturated heterocycles. The maximum Gasteiger partial charge on any atom is 0.115 e. The van der Waals surface area contributed by atoms with E-state index in [9.17, 15) is 5.11 Å². The van der Waals surface area contributed by atoms with Crippen LogP contribution in [0.15, 0.2) is 24.3 Å². The second-order valence-corrected chi connectivity index (χ2v) is 5.30. The number of rotatable bonds is 3. The topological polar surface area (TPSA) is 35.5 Å². The summed E-state index contributed by atoms with van der Waals surface area (Å²) in [6.45, 7) is 4.42. The summed E-state index contributed by atoms with van der Waals surface area (Å²) in [5.41, 5.74) is 1.29. The number of piperazine rings is 1. The summed E-state index contributed by atoms with van der Waals surface area (Å²) >= 11 is 0. The normalized spacial score (nSPS) is 26.0. The van der Waals surface area contributed by atoms with E-state index in [1.54, 1.807) is 12.1 Å². The Morgan fingerprint density at radius 3 is 2.71 bits per heavy atom. The van der Waals surface area contributed by atoms with Crippen LogP contribution in [-0.4, -0.2) is 35.7 Å². The number of hydrogen-bond donors (Lipinski definition) is 2. The molecule has 3 nitrogen and oxygen atoms in total. The molecule has 17 heavy (non-hydrogen) atoms. The standard InChI is InChI=1S/C14H20N2O/c17-13-5-1-11(2-6-13)9-16-8-7-15-14(10-16)12-3-4-12/h1-2,5-6,12,14-15,17H,3-4,7-10H2. The molecule has 2 N–H and O–H groups in total. The molecule has 1 aromatic rings. The van der Waals surface area contributed by atoms with E-state index in [2.05, 4.69) is 10.2 Å². The van der Waals surface area contributed by atoms with Gasteiger partial charge in [-0.05, 0) is 36.5 Å². The Hall–Kier alpha value is -1.06. The van der Waals surface area contributed by atoms with E-state index >= 15 is 0 Å². The maximum atomic E-state index is 9.26. The van der Waals surface area contributed by atoms with Crippen molar-refractivity contribution in [2.75, 3.05) is 19.6 Å². The lowest BCUT2D eigenvalue weighted by molar-refractivity contribution is 0.181. The lowest BCUT2D eigenvalue weighted by Gasteiger charge is -2.33. The fraction of sp³-hybridized carbons (Fsp3) is 0.571. The molecular formula is C14H20N2O. The quantitative estimate of drug-likeness (QED) is 0.830. The highest BCUT2D eigenvalue weighted by Gasteiger charge is 2.33. The molecule has 1 aliphatic heterocycles. The van der Waals surface area contributed by atoms with Gasteiger partial charge in [-0.2, -0.15) is 0 Å². The van der Waals surface area contributed by atoms with Gasteiger partial charge >= 0.3 is 0 Å². The van der Waals surface area contributed by atoms with Gasteiger partial charge in [-0.1, -0.05) is 12.1 Å². The molecule has 1 heterocycles. The molecule has 1 aromatic carbocycles. The van der Waals surface area contributed by atoms with E-state index in [0.29, 0.717) is 11.8 Å². The van der Waals surface area contributed by atoms with Crippen molar-refractivity contribution in [3.63, 3.8) is 0 Å². The molecule has 0 radical (unpaired) electrons. The molecule has 0 amide bonds. The third-order valence-electron chi connectivity index (χ3n) is 3.82. The zero-order valence-corrected chi connectivity index (χ0v) is 10.1. The zero-order chi connectivity index (χ0) is 11.7. The van der Waals surface area contributed by atoms with Crippen LogP contribution in [0.25, 0.3) is 0 Å². The Balaban J connectivity index is 1.58. The van der Waals surface area contributed by atoms with Crippen LogP contribution in [0.4, 0.5) is 0 Å². The molecule has 2 aliphatic rings. The number of phenols is 1. The number of nitrogens with one attached hydrogen (secondary N) is 1. The third kappa shape index (κ3) is 2.79. The van der Waals surface area contributed by atoms with Crippen LogP contribution in [0.2, 0.25) is 0 Å². The third-order valence-corrected chi connectivity index (χ3v) is 3.82. The first-order chi connectivity index (χ1) is 8.31. The van der Waals surface area contributed by atoms with E-state index in [1.807, 2.05) is 12.1 Å². The van der Waals surface area contributed by atoms with Crippen molar-refractivity contribution in [3.05, 3.63) is 29.8 Å². The average Bonchev–Trinajstić information content (AvgIpc) is 3.17. The number of aromatic hydroxyl groups is 1. The minimum absolute atomic E-state index is 0.352. The van der Waals surface area contributed by atoms with E-state index in [-0.39, 0.29) is 0 Å². The van der Waals surface area contributed by atoms with Gasteiger partial charge in [0.15, 0.2) is 0 Å². The first kappa shape index (κ1) is 11.1. The van der Waals surface area contributed by atoms with Crippen LogP contribution < -0.4 is 5.32 Å². The fourth-order valence-electron chi connectivity index (χ4n) is 2.66. The summed E-state index contributed by atoms with van der Waals surface area (Å²) in [7, 11) is 0. The number of hydrogen-bond acceptors (Lipinski definition) is 3. The van der Waals surface area contributed by atoms with Crippen LogP contribution >= 0.6 is 0 Å². The van der Waals surface area contributed by atoms with Crippen LogP contribution in [-0.2, 0) is 6.54 Å². The number of benzene rings is 1. The molecule has 1 saturated carbocycles. The highest BCUT2D eigenvalue weighted by molar-refractivity contribution is 5.25. The van der Waals surface area contributed by atoms with Crippen molar-refractivity contribution >= 4 is 0 Å². The first-order valence-electron chi connectivity index (χ1n) is 6.55. The SMILES string of the molecule is Oc1ccc(CN2CCNC(C3CC3)C2)cc1. The van der Waals surface area contributed by atoms with Crippen LogP contribution in [0.1, 0.15) is 18.4 Å². The molecule has 3 rings (SSSR count). The summed E-state index contributed by atoms with van der Waals surface area (Å²) in [6.07, 6.45) is 2.81. The highest BCUT2D eigenvalue weighted by atomic mass is 16.3. The van der Waals surface area contributed by atoms with Crippen molar-refractivity contribution in [3.8, 4) is 5.75 Å². The van der Waals surface area contributed by atoms with Gasteiger partial charge in [-0.15, -0.1) is 0 Å². The summed E-state index contributed by atoms with van der Waals surface area (Å²) in [6, 6.07) is 8.29.